The second kappa shape index (κ2) is 8.51. The van der Waals surface area contributed by atoms with Crippen LogP contribution >= 0.6 is 0 Å². The van der Waals surface area contributed by atoms with Gasteiger partial charge in [-0.3, -0.25) is 0 Å². The maximum atomic E-state index is 2.30. The van der Waals surface area contributed by atoms with E-state index in [-0.39, 0.29) is 0 Å². The first-order valence-electron chi connectivity index (χ1n) is 8.01. The highest BCUT2D eigenvalue weighted by Gasteiger charge is 2.19. The van der Waals surface area contributed by atoms with Crippen molar-refractivity contribution in [1.29, 1.82) is 0 Å². The Balaban J connectivity index is 0.000000510. The lowest BCUT2D eigenvalue weighted by Crippen LogP contribution is -2.20. The number of benzene rings is 2. The number of allylic oxidation sites excluding steroid dienone is 1. The van der Waals surface area contributed by atoms with Gasteiger partial charge in [0.05, 0.1) is 0 Å². The Morgan fingerprint density at radius 1 is 0.857 bits per heavy atom. The van der Waals surface area contributed by atoms with E-state index in [9.17, 15) is 0 Å². The van der Waals surface area contributed by atoms with Gasteiger partial charge in [0.25, 0.3) is 0 Å². The summed E-state index contributed by atoms with van der Waals surface area (Å²) in [7, 11) is 2.27. The molecule has 0 bridgehead atoms. The van der Waals surface area contributed by atoms with Gasteiger partial charge in [-0.05, 0) is 42.2 Å². The maximum absolute atomic E-state index is 2.30. The average Bonchev–Trinajstić information content (AvgIpc) is 2.89. The third-order valence-corrected chi connectivity index (χ3v) is 3.35. The Kier molecular flexibility index (Phi) is 7.01. The molecule has 109 valence electrons. The van der Waals surface area contributed by atoms with Crippen LogP contribution in [0.5, 0.6) is 0 Å². The third-order valence-electron chi connectivity index (χ3n) is 3.35. The van der Waals surface area contributed by atoms with E-state index >= 15 is 0 Å². The van der Waals surface area contributed by atoms with Crippen LogP contribution in [0.25, 0.3) is 17.2 Å². The van der Waals surface area contributed by atoms with Gasteiger partial charge in [0.2, 0.25) is 0 Å². The summed E-state index contributed by atoms with van der Waals surface area (Å²) in [6, 6.07) is 13.2. The van der Waals surface area contributed by atoms with Crippen molar-refractivity contribution in [2.45, 2.75) is 41.5 Å². The summed E-state index contributed by atoms with van der Waals surface area (Å²) in [6.07, 6.45) is 4.27. The summed E-state index contributed by atoms with van der Waals surface area (Å²) in [5.41, 5.74) is 8.05. The molecule has 0 unspecified atom stereocenters. The highest BCUT2D eigenvalue weighted by molar-refractivity contribution is 6.73. The van der Waals surface area contributed by atoms with Gasteiger partial charge in [-0.1, -0.05) is 81.1 Å². The lowest BCUT2D eigenvalue weighted by molar-refractivity contribution is 1.46. The van der Waals surface area contributed by atoms with Gasteiger partial charge in [0.15, 0.2) is 7.28 Å². The quantitative estimate of drug-likeness (QED) is 0.565. The Hall–Kier alpha value is -1.76. The first-order chi connectivity index (χ1) is 10.3. The number of rotatable bonds is 1. The topological polar surface area (TPSA) is 0 Å². The van der Waals surface area contributed by atoms with E-state index in [4.69, 9.17) is 0 Å². The molecule has 0 saturated carbocycles. The normalized spacial score (nSPS) is 10.6. The van der Waals surface area contributed by atoms with Gasteiger partial charge in [0.1, 0.15) is 0 Å². The molecule has 0 nitrogen and oxygen atoms in total. The minimum Gasteiger partial charge on any atom is -0.0871 e. The molecule has 0 spiro atoms. The molecular weight excluding hydrogens is 251 g/mol. The van der Waals surface area contributed by atoms with E-state index in [2.05, 4.69) is 69.7 Å². The highest BCUT2D eigenvalue weighted by Crippen LogP contribution is 2.23. The molecular formula is C20H26B. The molecule has 0 fully saturated rings. The lowest BCUT2D eigenvalue weighted by atomic mass is 9.67. The van der Waals surface area contributed by atoms with Gasteiger partial charge < -0.3 is 0 Å². The van der Waals surface area contributed by atoms with E-state index in [0.29, 0.717) is 0 Å². The van der Waals surface area contributed by atoms with Crippen LogP contribution < -0.4 is 10.9 Å². The zero-order chi connectivity index (χ0) is 15.8. The van der Waals surface area contributed by atoms with Crippen LogP contribution in [0.2, 0.25) is 0 Å². The van der Waals surface area contributed by atoms with Crippen molar-refractivity contribution in [2.75, 3.05) is 0 Å². The van der Waals surface area contributed by atoms with E-state index in [0.717, 1.165) is 0 Å². The summed E-state index contributed by atoms with van der Waals surface area (Å²) in [5.74, 6) is 0. The van der Waals surface area contributed by atoms with Crippen LogP contribution in [0.1, 0.15) is 45.7 Å². The van der Waals surface area contributed by atoms with Crippen LogP contribution in [-0.4, -0.2) is 7.28 Å². The molecule has 1 heteroatoms. The predicted octanol–water partition coefficient (Wildman–Crippen LogP) is 4.72. The van der Waals surface area contributed by atoms with Crippen molar-refractivity contribution >= 4 is 24.3 Å². The Morgan fingerprint density at radius 3 is 2.19 bits per heavy atom. The predicted molar refractivity (Wildman–Crippen MR) is 99.0 cm³/mol. The molecule has 0 N–H and O–H groups in total. The van der Waals surface area contributed by atoms with E-state index < -0.39 is 0 Å². The molecule has 0 aromatic heterocycles. The Labute approximate surface area is 131 Å². The van der Waals surface area contributed by atoms with E-state index in [1.807, 2.05) is 27.7 Å². The molecule has 1 heterocycles. The fraction of sp³-hybridized carbons (Fsp3) is 0.300. The smallest absolute Gasteiger partial charge is 0.0871 e. The summed E-state index contributed by atoms with van der Waals surface area (Å²) >= 11 is 0. The highest BCUT2D eigenvalue weighted by atomic mass is 14.1. The maximum Gasteiger partial charge on any atom is 0.193 e. The van der Waals surface area contributed by atoms with Gasteiger partial charge in [-0.15, -0.1) is 0 Å². The molecule has 0 saturated heterocycles. The second-order valence-electron chi connectivity index (χ2n) is 4.53. The first-order valence-corrected chi connectivity index (χ1v) is 8.01. The van der Waals surface area contributed by atoms with Crippen molar-refractivity contribution < 1.29 is 0 Å². The molecule has 2 aromatic carbocycles. The van der Waals surface area contributed by atoms with Gasteiger partial charge >= 0.3 is 0 Å². The molecule has 21 heavy (non-hydrogen) atoms. The average molecular weight is 277 g/mol. The van der Waals surface area contributed by atoms with E-state index in [1.54, 1.807) is 0 Å². The monoisotopic (exact) mass is 277 g/mol. The number of hydrogen-bond acceptors (Lipinski definition) is 0. The SMILES string of the molecule is C/C=C\c1cc2c(cc1C)[B]c1ccccc1-2.CC.CC. The number of aryl methyl sites for hydroxylation is 1. The minimum absolute atomic E-state index is 1.32. The molecule has 0 aliphatic carbocycles. The number of fused-ring (bicyclic) bond motifs is 3. The molecule has 2 aromatic rings. The molecule has 1 radical (unpaired) electrons. The third kappa shape index (κ3) is 3.67. The van der Waals surface area contributed by atoms with Crippen LogP contribution in [0.15, 0.2) is 42.5 Å². The van der Waals surface area contributed by atoms with Gasteiger partial charge in [-0.2, -0.15) is 0 Å². The van der Waals surface area contributed by atoms with Gasteiger partial charge in [0, 0.05) is 0 Å². The fourth-order valence-corrected chi connectivity index (χ4v) is 2.49. The van der Waals surface area contributed by atoms with Crippen molar-refractivity contribution in [1.82, 2.24) is 0 Å². The Bertz CT molecular complexity index is 609. The Morgan fingerprint density at radius 2 is 1.52 bits per heavy atom. The number of hydrogen-bond donors (Lipinski definition) is 0. The van der Waals surface area contributed by atoms with Crippen molar-refractivity contribution in [3.63, 3.8) is 0 Å². The minimum atomic E-state index is 1.32. The van der Waals surface area contributed by atoms with Gasteiger partial charge in [-0.25, -0.2) is 0 Å². The summed E-state index contributed by atoms with van der Waals surface area (Å²) in [5, 5.41) is 0. The van der Waals surface area contributed by atoms with E-state index in [1.165, 1.54) is 33.2 Å². The molecule has 0 atom stereocenters. The zero-order valence-electron chi connectivity index (χ0n) is 14.2. The zero-order valence-corrected chi connectivity index (χ0v) is 14.2. The standard InChI is InChI=1S/C16H14B.2C2H6/c1-3-6-12-10-14-13-7-4-5-8-15(13)17-16(14)9-11(12)2;2*1-2/h3-10H,1-2H3;2*1-2H3/b6-3-;;. The summed E-state index contributed by atoms with van der Waals surface area (Å²) in [6.45, 7) is 12.2. The summed E-state index contributed by atoms with van der Waals surface area (Å²) < 4.78 is 0. The van der Waals surface area contributed by atoms with Crippen LogP contribution in [0.4, 0.5) is 0 Å². The fourth-order valence-electron chi connectivity index (χ4n) is 2.49. The van der Waals surface area contributed by atoms with Crippen molar-refractivity contribution in [2.24, 2.45) is 0 Å². The first kappa shape index (κ1) is 17.3. The van der Waals surface area contributed by atoms with Crippen molar-refractivity contribution in [3.05, 3.63) is 53.6 Å². The second-order valence-corrected chi connectivity index (χ2v) is 4.53. The van der Waals surface area contributed by atoms with Crippen molar-refractivity contribution in [3.8, 4) is 11.1 Å². The molecule has 3 rings (SSSR count). The molecule has 0 amide bonds. The van der Waals surface area contributed by atoms with Crippen LogP contribution in [0, 0.1) is 6.92 Å². The van der Waals surface area contributed by atoms with Crippen LogP contribution in [0.3, 0.4) is 0 Å². The molecule has 1 aliphatic heterocycles. The molecule has 1 aliphatic rings. The lowest BCUT2D eigenvalue weighted by Gasteiger charge is -2.07. The largest absolute Gasteiger partial charge is 0.193 e. The van der Waals surface area contributed by atoms with Crippen LogP contribution in [-0.2, 0) is 0 Å². The summed E-state index contributed by atoms with van der Waals surface area (Å²) in [4.78, 5) is 0.